The molecular formula is C32H31BrClN3O4S. The molecule has 0 saturated carbocycles. The minimum Gasteiger partial charge on any atom is -0.355 e. The molecule has 0 spiro atoms. The standard InChI is InChI=1S/C32H31BrClN3O4S/c1-2-35-32(39)30(20-24-10-5-3-6-11-24)36(22-25-16-18-26(33)19-17-25)31(38)23-37(28-13-9-12-27(34)21-28)42(40,41)29-14-7-4-8-15-29/h3-19,21,30H,2,20,22-23H2,1H3,(H,35,39)/t30-/m1/s1. The Labute approximate surface area is 260 Å². The molecule has 4 aromatic rings. The van der Waals surface area contributed by atoms with Gasteiger partial charge in [0.25, 0.3) is 10.0 Å². The lowest BCUT2D eigenvalue weighted by molar-refractivity contribution is -0.140. The fraction of sp³-hybridized carbons (Fsp3) is 0.188. The summed E-state index contributed by atoms with van der Waals surface area (Å²) < 4.78 is 29.8. The monoisotopic (exact) mass is 667 g/mol. The highest BCUT2D eigenvalue weighted by atomic mass is 79.9. The van der Waals surface area contributed by atoms with E-state index in [1.807, 2.05) is 61.5 Å². The summed E-state index contributed by atoms with van der Waals surface area (Å²) in [5, 5.41) is 3.18. The zero-order valence-corrected chi connectivity index (χ0v) is 26.1. The summed E-state index contributed by atoms with van der Waals surface area (Å²) in [5.74, 6) is -0.864. The van der Waals surface area contributed by atoms with E-state index in [2.05, 4.69) is 21.2 Å². The number of sulfonamides is 1. The zero-order chi connectivity index (χ0) is 30.1. The Kier molecular flexibility index (Phi) is 10.8. The average Bonchev–Trinajstić information content (AvgIpc) is 2.99. The van der Waals surface area contributed by atoms with E-state index in [1.165, 1.54) is 23.1 Å². The first-order valence-electron chi connectivity index (χ1n) is 13.4. The van der Waals surface area contributed by atoms with Crippen LogP contribution in [0, 0.1) is 0 Å². The van der Waals surface area contributed by atoms with Crippen molar-refractivity contribution in [2.24, 2.45) is 0 Å². The number of anilines is 1. The number of halogens is 2. The van der Waals surface area contributed by atoms with Gasteiger partial charge in [-0.2, -0.15) is 0 Å². The van der Waals surface area contributed by atoms with E-state index in [0.717, 1.165) is 19.9 Å². The summed E-state index contributed by atoms with van der Waals surface area (Å²) in [6.45, 7) is 1.74. The van der Waals surface area contributed by atoms with Gasteiger partial charge >= 0.3 is 0 Å². The van der Waals surface area contributed by atoms with Crippen molar-refractivity contribution < 1.29 is 18.0 Å². The van der Waals surface area contributed by atoms with Crippen molar-refractivity contribution >= 4 is 55.1 Å². The Morgan fingerprint density at radius 2 is 1.50 bits per heavy atom. The third-order valence-corrected chi connectivity index (χ3v) is 9.15. The van der Waals surface area contributed by atoms with Gasteiger partial charge in [-0.1, -0.05) is 94.3 Å². The number of amides is 2. The summed E-state index contributed by atoms with van der Waals surface area (Å²) in [6, 6.07) is 30.2. The number of carbonyl (C=O) groups is 2. The van der Waals surface area contributed by atoms with E-state index in [9.17, 15) is 18.0 Å². The lowest BCUT2D eigenvalue weighted by Crippen LogP contribution is -2.53. The smallest absolute Gasteiger partial charge is 0.264 e. The molecule has 0 unspecified atom stereocenters. The van der Waals surface area contributed by atoms with E-state index in [4.69, 9.17) is 11.6 Å². The molecule has 4 aromatic carbocycles. The average molecular weight is 669 g/mol. The number of nitrogens with one attached hydrogen (secondary N) is 1. The summed E-state index contributed by atoms with van der Waals surface area (Å²) in [6.07, 6.45) is 0.248. The molecule has 2 amide bonds. The number of likely N-dealkylation sites (N-methyl/N-ethyl adjacent to an activating group) is 1. The molecule has 0 fully saturated rings. The molecule has 42 heavy (non-hydrogen) atoms. The molecule has 0 aliphatic heterocycles. The lowest BCUT2D eigenvalue weighted by atomic mass is 10.0. The van der Waals surface area contributed by atoms with Crippen molar-refractivity contribution in [2.45, 2.75) is 30.8 Å². The Balaban J connectivity index is 1.78. The quantitative estimate of drug-likeness (QED) is 0.199. The Bertz CT molecular complexity index is 1600. The second-order valence-electron chi connectivity index (χ2n) is 9.55. The van der Waals surface area contributed by atoms with E-state index < -0.39 is 28.5 Å². The molecule has 10 heteroatoms. The predicted octanol–water partition coefficient (Wildman–Crippen LogP) is 6.07. The first kappa shape index (κ1) is 31.3. The van der Waals surface area contributed by atoms with Gasteiger partial charge in [0, 0.05) is 29.0 Å². The molecule has 218 valence electrons. The summed E-state index contributed by atoms with van der Waals surface area (Å²) in [5.41, 5.74) is 1.89. The Hall–Kier alpha value is -3.66. The summed E-state index contributed by atoms with van der Waals surface area (Å²) >= 11 is 9.68. The maximum atomic E-state index is 14.3. The molecular weight excluding hydrogens is 638 g/mol. The van der Waals surface area contributed by atoms with Crippen molar-refractivity contribution in [2.75, 3.05) is 17.4 Å². The minimum absolute atomic E-state index is 0.0294. The SMILES string of the molecule is CCNC(=O)[C@@H](Cc1ccccc1)N(Cc1ccc(Br)cc1)C(=O)CN(c1cccc(Cl)c1)S(=O)(=O)c1ccccc1. The molecule has 0 saturated heterocycles. The molecule has 1 atom stereocenters. The van der Waals surface area contributed by atoms with Gasteiger partial charge in [-0.3, -0.25) is 13.9 Å². The summed E-state index contributed by atoms with van der Waals surface area (Å²) in [7, 11) is -4.17. The van der Waals surface area contributed by atoms with E-state index in [-0.39, 0.29) is 29.5 Å². The van der Waals surface area contributed by atoms with E-state index in [0.29, 0.717) is 11.6 Å². The first-order chi connectivity index (χ1) is 20.2. The highest BCUT2D eigenvalue weighted by molar-refractivity contribution is 9.10. The number of carbonyl (C=O) groups excluding carboxylic acids is 2. The van der Waals surface area contributed by atoms with E-state index in [1.54, 1.807) is 36.4 Å². The molecule has 0 aliphatic rings. The second kappa shape index (κ2) is 14.5. The van der Waals surface area contributed by atoms with Crippen LogP contribution in [0.2, 0.25) is 5.02 Å². The van der Waals surface area contributed by atoms with Gasteiger partial charge in [-0.25, -0.2) is 8.42 Å². The Morgan fingerprint density at radius 3 is 2.12 bits per heavy atom. The first-order valence-corrected chi connectivity index (χ1v) is 16.0. The highest BCUT2D eigenvalue weighted by Crippen LogP contribution is 2.27. The van der Waals surface area contributed by atoms with Crippen LogP contribution in [0.25, 0.3) is 0 Å². The topological polar surface area (TPSA) is 86.8 Å². The van der Waals surface area contributed by atoms with Crippen LogP contribution < -0.4 is 9.62 Å². The van der Waals surface area contributed by atoms with Crippen LogP contribution >= 0.6 is 27.5 Å². The second-order valence-corrected chi connectivity index (χ2v) is 12.8. The van der Waals surface area contributed by atoms with Crippen LogP contribution in [0.1, 0.15) is 18.1 Å². The number of hydrogen-bond acceptors (Lipinski definition) is 4. The number of benzene rings is 4. The third-order valence-electron chi connectivity index (χ3n) is 6.59. The van der Waals surface area contributed by atoms with E-state index >= 15 is 0 Å². The molecule has 0 bridgehead atoms. The number of rotatable bonds is 12. The van der Waals surface area contributed by atoms with Crippen molar-refractivity contribution in [3.63, 3.8) is 0 Å². The van der Waals surface area contributed by atoms with Crippen molar-refractivity contribution in [3.05, 3.63) is 130 Å². The van der Waals surface area contributed by atoms with Gasteiger partial charge < -0.3 is 10.2 Å². The van der Waals surface area contributed by atoms with Crippen molar-refractivity contribution in [3.8, 4) is 0 Å². The fourth-order valence-corrected chi connectivity index (χ4v) is 6.39. The van der Waals surface area contributed by atoms with Gasteiger partial charge in [-0.15, -0.1) is 0 Å². The third kappa shape index (κ3) is 8.00. The largest absolute Gasteiger partial charge is 0.355 e. The fourth-order valence-electron chi connectivity index (χ4n) is 4.51. The summed E-state index contributed by atoms with van der Waals surface area (Å²) in [4.78, 5) is 29.3. The normalized spacial score (nSPS) is 11.9. The van der Waals surface area contributed by atoms with Gasteiger partial charge in [-0.05, 0) is 60.5 Å². The van der Waals surface area contributed by atoms with Crippen LogP contribution in [0.4, 0.5) is 5.69 Å². The number of nitrogens with zero attached hydrogens (tertiary/aromatic N) is 2. The predicted molar refractivity (Wildman–Crippen MR) is 170 cm³/mol. The van der Waals surface area contributed by atoms with Crippen LogP contribution in [-0.4, -0.2) is 44.3 Å². The van der Waals surface area contributed by atoms with Crippen LogP contribution in [0.3, 0.4) is 0 Å². The molecule has 0 radical (unpaired) electrons. The molecule has 1 N–H and O–H groups in total. The number of hydrogen-bond donors (Lipinski definition) is 1. The van der Waals surface area contributed by atoms with Crippen LogP contribution in [0.15, 0.2) is 119 Å². The van der Waals surface area contributed by atoms with Crippen LogP contribution in [-0.2, 0) is 32.6 Å². The van der Waals surface area contributed by atoms with Crippen molar-refractivity contribution in [1.82, 2.24) is 10.2 Å². The zero-order valence-electron chi connectivity index (χ0n) is 23.0. The molecule has 0 aliphatic carbocycles. The van der Waals surface area contributed by atoms with Crippen molar-refractivity contribution in [1.29, 1.82) is 0 Å². The van der Waals surface area contributed by atoms with Gasteiger partial charge in [0.05, 0.1) is 10.6 Å². The maximum absolute atomic E-state index is 14.3. The van der Waals surface area contributed by atoms with Gasteiger partial charge in [0.1, 0.15) is 12.6 Å². The van der Waals surface area contributed by atoms with Crippen LogP contribution in [0.5, 0.6) is 0 Å². The van der Waals surface area contributed by atoms with Gasteiger partial charge in [0.15, 0.2) is 0 Å². The molecule has 7 nitrogen and oxygen atoms in total. The minimum atomic E-state index is -4.17. The lowest BCUT2D eigenvalue weighted by Gasteiger charge is -2.34. The molecule has 4 rings (SSSR count). The highest BCUT2D eigenvalue weighted by Gasteiger charge is 2.34. The molecule has 0 aromatic heterocycles. The van der Waals surface area contributed by atoms with Gasteiger partial charge in [0.2, 0.25) is 11.8 Å². The Morgan fingerprint density at radius 1 is 0.857 bits per heavy atom. The molecule has 0 heterocycles. The maximum Gasteiger partial charge on any atom is 0.264 e.